The van der Waals surface area contributed by atoms with Gasteiger partial charge in [-0.15, -0.1) is 0 Å². The van der Waals surface area contributed by atoms with Crippen molar-refractivity contribution >= 4 is 11.8 Å². The van der Waals surface area contributed by atoms with Crippen molar-refractivity contribution in [2.24, 2.45) is 0 Å². The maximum atomic E-state index is 13.5. The lowest BCUT2D eigenvalue weighted by Gasteiger charge is -2.23. The van der Waals surface area contributed by atoms with E-state index in [0.29, 0.717) is 18.5 Å². The molecule has 0 aromatic heterocycles. The van der Waals surface area contributed by atoms with E-state index in [1.165, 1.54) is 12.1 Å². The Morgan fingerprint density at radius 3 is 2.76 bits per heavy atom. The largest absolute Gasteiger partial charge is 0.285 e. The summed E-state index contributed by atoms with van der Waals surface area (Å²) in [7, 11) is 0. The van der Waals surface area contributed by atoms with E-state index in [9.17, 15) is 8.78 Å². The fourth-order valence-corrected chi connectivity index (χ4v) is 2.06. The Morgan fingerprint density at radius 2 is 2.12 bits per heavy atom. The molecule has 17 heavy (non-hydrogen) atoms. The minimum Gasteiger partial charge on any atom is -0.285 e. The van der Waals surface area contributed by atoms with Crippen molar-refractivity contribution in [2.45, 2.75) is 13.3 Å². The van der Waals surface area contributed by atoms with Crippen molar-refractivity contribution in [1.29, 1.82) is 0 Å². The molecule has 90 valence electrons. The number of nitrogens with zero attached hydrogens (tertiary/aromatic N) is 1. The van der Waals surface area contributed by atoms with E-state index in [4.69, 9.17) is 11.8 Å². The van der Waals surface area contributed by atoms with Crippen molar-refractivity contribution in [1.82, 2.24) is 4.42 Å². The van der Waals surface area contributed by atoms with Crippen molar-refractivity contribution in [3.63, 3.8) is 0 Å². The molecular formula is C13H12ClF2N. The summed E-state index contributed by atoms with van der Waals surface area (Å²) >= 11 is 6.04. The predicted octanol–water partition coefficient (Wildman–Crippen LogP) is 3.81. The number of allylic oxidation sites excluding steroid dienone is 3. The van der Waals surface area contributed by atoms with Gasteiger partial charge in [-0.2, -0.15) is 0 Å². The minimum atomic E-state index is -0.566. The Labute approximate surface area is 104 Å². The Morgan fingerprint density at radius 1 is 1.35 bits per heavy atom. The zero-order valence-corrected chi connectivity index (χ0v) is 10.1. The highest BCUT2D eigenvalue weighted by Gasteiger charge is 2.15. The SMILES string of the molecule is CC1=C(Cc2ccc(F)cc2F)N(Cl)CC=C1. The molecule has 0 saturated heterocycles. The van der Waals surface area contributed by atoms with Gasteiger partial charge in [-0.3, -0.25) is 4.42 Å². The minimum absolute atomic E-state index is 0.367. The molecule has 4 heteroatoms. The monoisotopic (exact) mass is 255 g/mol. The molecule has 0 spiro atoms. The number of hydrogen-bond acceptors (Lipinski definition) is 1. The summed E-state index contributed by atoms with van der Waals surface area (Å²) < 4.78 is 27.9. The Bertz CT molecular complexity index is 494. The molecule has 0 fully saturated rings. The molecular weight excluding hydrogens is 244 g/mol. The van der Waals surface area contributed by atoms with Gasteiger partial charge in [0.25, 0.3) is 0 Å². The van der Waals surface area contributed by atoms with Crippen LogP contribution in [0.5, 0.6) is 0 Å². The van der Waals surface area contributed by atoms with E-state index in [1.54, 1.807) is 4.42 Å². The van der Waals surface area contributed by atoms with Crippen LogP contribution in [0.2, 0.25) is 0 Å². The van der Waals surface area contributed by atoms with Crippen LogP contribution in [0.3, 0.4) is 0 Å². The molecule has 0 bridgehead atoms. The highest BCUT2D eigenvalue weighted by Crippen LogP contribution is 2.24. The lowest BCUT2D eigenvalue weighted by atomic mass is 10.0. The molecule has 0 saturated carbocycles. The first-order valence-corrected chi connectivity index (χ1v) is 5.65. The van der Waals surface area contributed by atoms with Crippen LogP contribution in [0.25, 0.3) is 0 Å². The highest BCUT2D eigenvalue weighted by molar-refractivity contribution is 6.14. The smallest absolute Gasteiger partial charge is 0.129 e. The molecule has 1 aromatic carbocycles. The molecule has 0 radical (unpaired) electrons. The predicted molar refractivity (Wildman–Crippen MR) is 64.5 cm³/mol. The fourth-order valence-electron chi connectivity index (χ4n) is 1.79. The van der Waals surface area contributed by atoms with E-state index >= 15 is 0 Å². The van der Waals surface area contributed by atoms with Crippen LogP contribution >= 0.6 is 11.8 Å². The van der Waals surface area contributed by atoms with Gasteiger partial charge < -0.3 is 0 Å². The molecule has 2 rings (SSSR count). The number of halogens is 3. The van der Waals surface area contributed by atoms with Gasteiger partial charge in [0.2, 0.25) is 0 Å². The summed E-state index contributed by atoms with van der Waals surface area (Å²) in [4.78, 5) is 0. The first-order chi connectivity index (χ1) is 8.08. The second-order valence-electron chi connectivity index (χ2n) is 3.99. The van der Waals surface area contributed by atoms with Gasteiger partial charge in [-0.05, 0) is 24.1 Å². The van der Waals surface area contributed by atoms with Crippen LogP contribution in [0.1, 0.15) is 12.5 Å². The molecule has 1 aliphatic rings. The normalized spacial score (nSPS) is 15.6. The zero-order chi connectivity index (χ0) is 12.4. The third kappa shape index (κ3) is 2.67. The maximum absolute atomic E-state index is 13.5. The van der Waals surface area contributed by atoms with Crippen molar-refractivity contribution in [3.8, 4) is 0 Å². The number of rotatable bonds is 2. The third-order valence-corrected chi connectivity index (χ3v) is 3.10. The van der Waals surface area contributed by atoms with Gasteiger partial charge in [0, 0.05) is 30.0 Å². The molecule has 0 atom stereocenters. The van der Waals surface area contributed by atoms with E-state index in [-0.39, 0.29) is 0 Å². The average molecular weight is 256 g/mol. The molecule has 1 aromatic rings. The van der Waals surface area contributed by atoms with Crippen molar-refractivity contribution < 1.29 is 8.78 Å². The molecule has 0 N–H and O–H groups in total. The van der Waals surface area contributed by atoms with Crippen LogP contribution in [0.4, 0.5) is 8.78 Å². The maximum Gasteiger partial charge on any atom is 0.129 e. The van der Waals surface area contributed by atoms with E-state index in [2.05, 4.69) is 0 Å². The van der Waals surface area contributed by atoms with Crippen LogP contribution in [0, 0.1) is 11.6 Å². The number of benzene rings is 1. The van der Waals surface area contributed by atoms with Gasteiger partial charge in [-0.1, -0.05) is 18.2 Å². The molecule has 1 heterocycles. The van der Waals surface area contributed by atoms with Gasteiger partial charge in [0.15, 0.2) is 0 Å². The molecule has 1 aliphatic heterocycles. The van der Waals surface area contributed by atoms with Gasteiger partial charge in [-0.25, -0.2) is 8.78 Å². The van der Waals surface area contributed by atoms with Crippen LogP contribution in [-0.4, -0.2) is 11.0 Å². The Hall–Kier alpha value is -1.35. The Kier molecular flexibility index (Phi) is 3.48. The standard InChI is InChI=1S/C13H12ClF2N/c1-9-3-2-6-17(14)13(9)7-10-4-5-11(15)8-12(10)16/h2-5,8H,6-7H2,1H3. The fraction of sp³-hybridized carbons (Fsp3) is 0.231. The lowest BCUT2D eigenvalue weighted by molar-refractivity contribution is 0.553. The molecule has 0 unspecified atom stereocenters. The zero-order valence-electron chi connectivity index (χ0n) is 9.38. The quantitative estimate of drug-likeness (QED) is 0.727. The summed E-state index contributed by atoms with van der Waals surface area (Å²) in [5, 5.41) is 0. The molecule has 0 amide bonds. The van der Waals surface area contributed by atoms with Crippen LogP contribution in [0.15, 0.2) is 41.6 Å². The van der Waals surface area contributed by atoms with Crippen molar-refractivity contribution in [2.75, 3.05) is 6.54 Å². The summed E-state index contributed by atoms with van der Waals surface area (Å²) in [6.45, 7) is 2.51. The number of hydrogen-bond donors (Lipinski definition) is 0. The first kappa shape index (κ1) is 12.1. The summed E-state index contributed by atoms with van der Waals surface area (Å²) in [6.07, 6.45) is 4.26. The van der Waals surface area contributed by atoms with Crippen LogP contribution < -0.4 is 0 Å². The van der Waals surface area contributed by atoms with Crippen molar-refractivity contribution in [3.05, 3.63) is 58.8 Å². The summed E-state index contributed by atoms with van der Waals surface area (Å²) in [6, 6.07) is 3.60. The van der Waals surface area contributed by atoms with E-state index < -0.39 is 11.6 Å². The summed E-state index contributed by atoms with van der Waals surface area (Å²) in [5.74, 6) is -1.10. The third-order valence-electron chi connectivity index (χ3n) is 2.75. The van der Waals surface area contributed by atoms with Gasteiger partial charge in [0.1, 0.15) is 11.6 Å². The van der Waals surface area contributed by atoms with Gasteiger partial charge in [0.05, 0.1) is 6.54 Å². The van der Waals surface area contributed by atoms with E-state index in [0.717, 1.165) is 17.3 Å². The average Bonchev–Trinajstić information content (AvgIpc) is 2.26. The molecule has 0 aliphatic carbocycles. The topological polar surface area (TPSA) is 3.24 Å². The first-order valence-electron chi connectivity index (χ1n) is 5.31. The Balaban J connectivity index is 2.29. The van der Waals surface area contributed by atoms with E-state index in [1.807, 2.05) is 19.1 Å². The molecule has 1 nitrogen and oxygen atoms in total. The highest BCUT2D eigenvalue weighted by atomic mass is 35.5. The second kappa shape index (κ2) is 4.88. The summed E-state index contributed by atoms with van der Waals surface area (Å²) in [5.41, 5.74) is 2.29. The van der Waals surface area contributed by atoms with Crippen LogP contribution in [-0.2, 0) is 6.42 Å². The second-order valence-corrected chi connectivity index (χ2v) is 4.40. The lowest BCUT2D eigenvalue weighted by Crippen LogP contribution is -2.18. The van der Waals surface area contributed by atoms with Gasteiger partial charge >= 0.3 is 0 Å².